The van der Waals surface area contributed by atoms with Gasteiger partial charge in [0.2, 0.25) is 0 Å². The van der Waals surface area contributed by atoms with Crippen molar-refractivity contribution >= 4 is 17.7 Å². The standard InChI is InChI=1S/C22H18FN3OS/c1-26(14-18-5-2-4-17(12-18)13-24)22(27)20-6-3-11-25-21(20)28-15-16-7-9-19(23)10-8-16/h2-12H,14-15H2,1H3. The molecule has 6 heteroatoms. The molecule has 0 saturated heterocycles. The molecule has 0 atom stereocenters. The molecule has 0 radical (unpaired) electrons. The second kappa shape index (κ2) is 9.16. The molecule has 0 aliphatic heterocycles. The Morgan fingerprint density at radius 2 is 1.93 bits per heavy atom. The molecular formula is C22H18FN3OS. The number of nitrogens with zero attached hydrogens (tertiary/aromatic N) is 3. The van der Waals surface area contributed by atoms with E-state index in [0.717, 1.165) is 11.1 Å². The van der Waals surface area contributed by atoms with Gasteiger partial charge >= 0.3 is 0 Å². The zero-order valence-electron chi connectivity index (χ0n) is 15.3. The van der Waals surface area contributed by atoms with E-state index in [1.807, 2.05) is 6.07 Å². The Bertz CT molecular complexity index is 1010. The smallest absolute Gasteiger partial charge is 0.256 e. The Kier molecular flexibility index (Phi) is 6.41. The molecule has 28 heavy (non-hydrogen) atoms. The summed E-state index contributed by atoms with van der Waals surface area (Å²) in [6, 6.07) is 19.1. The van der Waals surface area contributed by atoms with E-state index in [1.54, 1.807) is 60.6 Å². The summed E-state index contributed by atoms with van der Waals surface area (Å²) in [5, 5.41) is 9.66. The molecule has 1 heterocycles. The Morgan fingerprint density at radius 3 is 2.68 bits per heavy atom. The van der Waals surface area contributed by atoms with Crippen LogP contribution in [0.2, 0.25) is 0 Å². The summed E-state index contributed by atoms with van der Waals surface area (Å²) in [7, 11) is 1.73. The molecular weight excluding hydrogens is 373 g/mol. The number of rotatable bonds is 6. The van der Waals surface area contributed by atoms with Gasteiger partial charge in [0.15, 0.2) is 0 Å². The van der Waals surface area contributed by atoms with Crippen molar-refractivity contribution < 1.29 is 9.18 Å². The number of aromatic nitrogens is 1. The Labute approximate surface area is 167 Å². The first kappa shape index (κ1) is 19.6. The second-order valence-electron chi connectivity index (χ2n) is 6.24. The molecule has 0 bridgehead atoms. The summed E-state index contributed by atoms with van der Waals surface area (Å²) in [6.07, 6.45) is 1.65. The Hall–Kier alpha value is -3.17. The van der Waals surface area contributed by atoms with Crippen LogP contribution in [0.15, 0.2) is 71.9 Å². The van der Waals surface area contributed by atoms with Crippen molar-refractivity contribution in [3.63, 3.8) is 0 Å². The minimum absolute atomic E-state index is 0.142. The van der Waals surface area contributed by atoms with Crippen molar-refractivity contribution in [1.29, 1.82) is 5.26 Å². The van der Waals surface area contributed by atoms with Crippen LogP contribution in [-0.2, 0) is 12.3 Å². The number of carbonyl (C=O) groups excluding carboxylic acids is 1. The van der Waals surface area contributed by atoms with Gasteiger partial charge in [-0.3, -0.25) is 4.79 Å². The maximum absolute atomic E-state index is 13.0. The highest BCUT2D eigenvalue weighted by atomic mass is 32.2. The van der Waals surface area contributed by atoms with E-state index in [0.29, 0.717) is 28.5 Å². The summed E-state index contributed by atoms with van der Waals surface area (Å²) in [5.74, 6) is 0.174. The van der Waals surface area contributed by atoms with E-state index < -0.39 is 0 Å². The second-order valence-corrected chi connectivity index (χ2v) is 7.21. The lowest BCUT2D eigenvalue weighted by Gasteiger charge is -2.18. The molecule has 3 aromatic rings. The van der Waals surface area contributed by atoms with Gasteiger partial charge in [0.25, 0.3) is 5.91 Å². The SMILES string of the molecule is CN(Cc1cccc(C#N)c1)C(=O)c1cccnc1SCc1ccc(F)cc1. The highest BCUT2D eigenvalue weighted by Gasteiger charge is 2.17. The lowest BCUT2D eigenvalue weighted by molar-refractivity contribution is 0.0781. The third kappa shape index (κ3) is 4.96. The molecule has 0 spiro atoms. The molecule has 0 fully saturated rings. The van der Waals surface area contributed by atoms with Crippen LogP contribution in [0, 0.1) is 17.1 Å². The number of benzene rings is 2. The van der Waals surface area contributed by atoms with Gasteiger partial charge in [-0.25, -0.2) is 9.37 Å². The highest BCUT2D eigenvalue weighted by molar-refractivity contribution is 7.98. The first-order valence-corrected chi connectivity index (χ1v) is 9.62. The van der Waals surface area contributed by atoms with Crippen molar-refractivity contribution in [2.75, 3.05) is 7.05 Å². The van der Waals surface area contributed by atoms with E-state index >= 15 is 0 Å². The molecule has 140 valence electrons. The van der Waals surface area contributed by atoms with Gasteiger partial charge in [-0.05, 0) is 47.5 Å². The molecule has 0 N–H and O–H groups in total. The van der Waals surface area contributed by atoms with Gasteiger partial charge in [-0.1, -0.05) is 24.3 Å². The van der Waals surface area contributed by atoms with Gasteiger partial charge in [0.05, 0.1) is 17.2 Å². The van der Waals surface area contributed by atoms with Crippen LogP contribution in [0.5, 0.6) is 0 Å². The average molecular weight is 391 g/mol. The maximum atomic E-state index is 13.0. The molecule has 1 aromatic heterocycles. The van der Waals surface area contributed by atoms with Gasteiger partial charge in [-0.2, -0.15) is 5.26 Å². The van der Waals surface area contributed by atoms with Crippen molar-refractivity contribution in [2.24, 2.45) is 0 Å². The Balaban J connectivity index is 1.72. The largest absolute Gasteiger partial charge is 0.337 e. The zero-order valence-corrected chi connectivity index (χ0v) is 16.1. The molecule has 0 unspecified atom stereocenters. The zero-order chi connectivity index (χ0) is 19.9. The van der Waals surface area contributed by atoms with Gasteiger partial charge in [-0.15, -0.1) is 11.8 Å². The Morgan fingerprint density at radius 1 is 1.14 bits per heavy atom. The average Bonchev–Trinajstić information content (AvgIpc) is 2.73. The summed E-state index contributed by atoms with van der Waals surface area (Å²) < 4.78 is 13.0. The lowest BCUT2D eigenvalue weighted by Crippen LogP contribution is -2.27. The molecule has 1 amide bonds. The summed E-state index contributed by atoms with van der Waals surface area (Å²) in [6.45, 7) is 0.394. The maximum Gasteiger partial charge on any atom is 0.256 e. The number of nitriles is 1. The molecule has 3 rings (SSSR count). The molecule has 0 aliphatic carbocycles. The van der Waals surface area contributed by atoms with Crippen LogP contribution in [-0.4, -0.2) is 22.8 Å². The fourth-order valence-corrected chi connectivity index (χ4v) is 3.63. The summed E-state index contributed by atoms with van der Waals surface area (Å²) >= 11 is 1.44. The lowest BCUT2D eigenvalue weighted by atomic mass is 10.1. The number of pyridine rings is 1. The number of thioether (sulfide) groups is 1. The fraction of sp³-hybridized carbons (Fsp3) is 0.136. The quantitative estimate of drug-likeness (QED) is 0.574. The first-order valence-electron chi connectivity index (χ1n) is 8.63. The first-order chi connectivity index (χ1) is 13.6. The summed E-state index contributed by atoms with van der Waals surface area (Å²) in [4.78, 5) is 18.9. The van der Waals surface area contributed by atoms with Crippen LogP contribution in [0.3, 0.4) is 0 Å². The van der Waals surface area contributed by atoms with E-state index in [-0.39, 0.29) is 11.7 Å². The number of carbonyl (C=O) groups is 1. The fourth-order valence-electron chi connectivity index (χ4n) is 2.69. The minimum atomic E-state index is -0.274. The van der Waals surface area contributed by atoms with Gasteiger partial charge < -0.3 is 4.90 Å². The summed E-state index contributed by atoms with van der Waals surface area (Å²) in [5.41, 5.74) is 2.93. The van der Waals surface area contributed by atoms with Crippen LogP contribution >= 0.6 is 11.8 Å². The van der Waals surface area contributed by atoms with E-state index in [4.69, 9.17) is 5.26 Å². The monoisotopic (exact) mass is 391 g/mol. The number of amides is 1. The third-order valence-electron chi connectivity index (χ3n) is 4.11. The predicted octanol–water partition coefficient (Wildman–Crippen LogP) is 4.66. The van der Waals surface area contributed by atoms with E-state index in [2.05, 4.69) is 11.1 Å². The number of halogens is 1. The molecule has 0 saturated carbocycles. The molecule has 2 aromatic carbocycles. The third-order valence-corrected chi connectivity index (χ3v) is 5.19. The predicted molar refractivity (Wildman–Crippen MR) is 107 cm³/mol. The van der Waals surface area contributed by atoms with Gasteiger partial charge in [0, 0.05) is 25.5 Å². The van der Waals surface area contributed by atoms with Crippen LogP contribution in [0.4, 0.5) is 4.39 Å². The number of hydrogen-bond donors (Lipinski definition) is 0. The van der Waals surface area contributed by atoms with Crippen molar-refractivity contribution in [3.05, 3.63) is 94.9 Å². The number of hydrogen-bond acceptors (Lipinski definition) is 4. The van der Waals surface area contributed by atoms with E-state index in [1.165, 1.54) is 23.9 Å². The van der Waals surface area contributed by atoms with Crippen LogP contribution < -0.4 is 0 Å². The van der Waals surface area contributed by atoms with Crippen molar-refractivity contribution in [1.82, 2.24) is 9.88 Å². The highest BCUT2D eigenvalue weighted by Crippen LogP contribution is 2.25. The van der Waals surface area contributed by atoms with E-state index in [9.17, 15) is 9.18 Å². The normalized spacial score (nSPS) is 10.3. The van der Waals surface area contributed by atoms with Crippen LogP contribution in [0.25, 0.3) is 0 Å². The molecule has 0 aliphatic rings. The minimum Gasteiger partial charge on any atom is -0.337 e. The molecule has 4 nitrogen and oxygen atoms in total. The topological polar surface area (TPSA) is 57.0 Å². The van der Waals surface area contributed by atoms with Crippen LogP contribution in [0.1, 0.15) is 27.0 Å². The van der Waals surface area contributed by atoms with Crippen molar-refractivity contribution in [3.8, 4) is 6.07 Å². The van der Waals surface area contributed by atoms with Gasteiger partial charge in [0.1, 0.15) is 10.8 Å². The van der Waals surface area contributed by atoms with Crippen molar-refractivity contribution in [2.45, 2.75) is 17.3 Å².